The highest BCUT2D eigenvalue weighted by Crippen LogP contribution is 2.30. The van der Waals surface area contributed by atoms with Crippen LogP contribution in [0, 0.1) is 12.3 Å². The molecule has 2 rings (SSSR count). The van der Waals surface area contributed by atoms with E-state index in [-0.39, 0.29) is 11.9 Å². The molecule has 1 heterocycles. The second-order valence-electron chi connectivity index (χ2n) is 5.37. The van der Waals surface area contributed by atoms with Gasteiger partial charge in [-0.1, -0.05) is 36.9 Å². The number of aliphatic hydroxyl groups is 1. The highest BCUT2D eigenvalue weighted by Gasteiger charge is 2.50. The number of benzene rings is 1. The Morgan fingerprint density at radius 3 is 2.77 bits per heavy atom. The van der Waals surface area contributed by atoms with E-state index in [1.165, 1.54) is 7.11 Å². The molecule has 3 atom stereocenters. The molecular weight excluding hydrogens is 278 g/mol. The fraction of sp³-hybridized carbons (Fsp3) is 0.389. The SMILES string of the molecule is C#CCCN1C(=O)[C@H](OC)[C@@H]1[C@H](O)CC(=C)c1ccccc1. The fourth-order valence-electron chi connectivity index (χ4n) is 2.80. The quantitative estimate of drug-likeness (QED) is 0.616. The van der Waals surface area contributed by atoms with Crippen molar-refractivity contribution in [1.29, 1.82) is 0 Å². The normalized spacial score (nSPS) is 21.9. The number of ether oxygens (including phenoxy) is 1. The lowest BCUT2D eigenvalue weighted by Gasteiger charge is -2.48. The molecule has 1 N–H and O–H groups in total. The number of hydrogen-bond acceptors (Lipinski definition) is 3. The van der Waals surface area contributed by atoms with Crippen LogP contribution in [0.3, 0.4) is 0 Å². The van der Waals surface area contributed by atoms with Crippen LogP contribution >= 0.6 is 0 Å². The molecule has 4 nitrogen and oxygen atoms in total. The van der Waals surface area contributed by atoms with Gasteiger partial charge in [-0.15, -0.1) is 12.3 Å². The first kappa shape index (κ1) is 16.3. The summed E-state index contributed by atoms with van der Waals surface area (Å²) in [5, 5.41) is 10.5. The highest BCUT2D eigenvalue weighted by molar-refractivity contribution is 5.88. The molecule has 1 aliphatic rings. The molecule has 0 aliphatic carbocycles. The zero-order valence-electron chi connectivity index (χ0n) is 12.7. The van der Waals surface area contributed by atoms with Gasteiger partial charge in [-0.05, 0) is 11.1 Å². The molecule has 0 aromatic heterocycles. The van der Waals surface area contributed by atoms with Crippen LogP contribution in [0.2, 0.25) is 0 Å². The van der Waals surface area contributed by atoms with E-state index in [9.17, 15) is 9.90 Å². The van der Waals surface area contributed by atoms with Crippen LogP contribution < -0.4 is 0 Å². The molecule has 116 valence electrons. The monoisotopic (exact) mass is 299 g/mol. The van der Waals surface area contributed by atoms with Crippen molar-refractivity contribution >= 4 is 11.5 Å². The molecule has 0 unspecified atom stereocenters. The average molecular weight is 299 g/mol. The van der Waals surface area contributed by atoms with Gasteiger partial charge in [-0.3, -0.25) is 4.79 Å². The Balaban J connectivity index is 2.03. The first-order valence-corrected chi connectivity index (χ1v) is 7.28. The van der Waals surface area contributed by atoms with Gasteiger partial charge in [0.1, 0.15) is 0 Å². The second-order valence-corrected chi connectivity index (χ2v) is 5.37. The van der Waals surface area contributed by atoms with Gasteiger partial charge in [0.25, 0.3) is 5.91 Å². The molecule has 0 radical (unpaired) electrons. The maximum absolute atomic E-state index is 12.0. The van der Waals surface area contributed by atoms with Crippen molar-refractivity contribution in [1.82, 2.24) is 4.90 Å². The van der Waals surface area contributed by atoms with E-state index in [1.807, 2.05) is 30.3 Å². The van der Waals surface area contributed by atoms with Crippen LogP contribution in [0.25, 0.3) is 5.57 Å². The van der Waals surface area contributed by atoms with Gasteiger partial charge < -0.3 is 14.7 Å². The summed E-state index contributed by atoms with van der Waals surface area (Å²) in [4.78, 5) is 13.6. The van der Waals surface area contributed by atoms with E-state index in [0.717, 1.165) is 11.1 Å². The molecule has 0 bridgehead atoms. The fourth-order valence-corrected chi connectivity index (χ4v) is 2.80. The number of likely N-dealkylation sites (tertiary alicyclic amines) is 1. The first-order valence-electron chi connectivity index (χ1n) is 7.28. The average Bonchev–Trinajstić information content (AvgIpc) is 2.53. The van der Waals surface area contributed by atoms with Gasteiger partial charge in [0, 0.05) is 26.5 Å². The predicted octanol–water partition coefficient (Wildman–Crippen LogP) is 1.70. The van der Waals surface area contributed by atoms with Gasteiger partial charge >= 0.3 is 0 Å². The summed E-state index contributed by atoms with van der Waals surface area (Å²) < 4.78 is 5.20. The molecule has 1 fully saturated rings. The van der Waals surface area contributed by atoms with Gasteiger partial charge in [-0.2, -0.15) is 0 Å². The Morgan fingerprint density at radius 1 is 1.50 bits per heavy atom. The lowest BCUT2D eigenvalue weighted by atomic mass is 9.87. The zero-order chi connectivity index (χ0) is 16.1. The Morgan fingerprint density at radius 2 is 2.18 bits per heavy atom. The largest absolute Gasteiger partial charge is 0.391 e. The van der Waals surface area contributed by atoms with Gasteiger partial charge in [0.15, 0.2) is 6.10 Å². The molecule has 0 spiro atoms. The number of amides is 1. The Kier molecular flexibility index (Phi) is 5.37. The lowest BCUT2D eigenvalue weighted by Crippen LogP contribution is -2.69. The van der Waals surface area contributed by atoms with Crippen LogP contribution in [-0.4, -0.2) is 47.8 Å². The molecule has 1 aliphatic heterocycles. The first-order chi connectivity index (χ1) is 10.6. The maximum atomic E-state index is 12.0. The van der Waals surface area contributed by atoms with Crippen molar-refractivity contribution in [3.63, 3.8) is 0 Å². The summed E-state index contributed by atoms with van der Waals surface area (Å²) in [7, 11) is 1.48. The number of methoxy groups -OCH3 is 1. The number of β-lactam (4-membered cyclic amide) rings is 1. The van der Waals surface area contributed by atoms with Crippen LogP contribution in [-0.2, 0) is 9.53 Å². The molecule has 4 heteroatoms. The minimum Gasteiger partial charge on any atom is -0.391 e. The third-order valence-corrected chi connectivity index (χ3v) is 3.98. The molecule has 1 aromatic carbocycles. The Bertz CT molecular complexity index is 576. The van der Waals surface area contributed by atoms with E-state index in [4.69, 9.17) is 11.2 Å². The standard InChI is InChI=1S/C18H21NO3/c1-4-5-11-19-16(17(22-3)18(19)21)15(20)12-13(2)14-9-7-6-8-10-14/h1,6-10,15-17,20H,2,5,11-12H2,3H3/t15-,16+,17-/m1/s1. The number of hydrogen-bond donors (Lipinski definition) is 1. The zero-order valence-corrected chi connectivity index (χ0v) is 12.7. The highest BCUT2D eigenvalue weighted by atomic mass is 16.5. The Hall–Kier alpha value is -2.09. The summed E-state index contributed by atoms with van der Waals surface area (Å²) >= 11 is 0. The maximum Gasteiger partial charge on any atom is 0.254 e. The smallest absolute Gasteiger partial charge is 0.254 e. The summed E-state index contributed by atoms with van der Waals surface area (Å²) in [5.41, 5.74) is 1.82. The van der Waals surface area contributed by atoms with Gasteiger partial charge in [0.05, 0.1) is 12.1 Å². The molecular formula is C18H21NO3. The summed E-state index contributed by atoms with van der Waals surface area (Å²) in [6, 6.07) is 9.32. The number of carbonyl (C=O) groups excluding carboxylic acids is 1. The number of nitrogens with zero attached hydrogens (tertiary/aromatic N) is 1. The van der Waals surface area contributed by atoms with Crippen molar-refractivity contribution < 1.29 is 14.6 Å². The minimum atomic E-state index is -0.729. The van der Waals surface area contributed by atoms with E-state index < -0.39 is 12.2 Å². The van der Waals surface area contributed by atoms with E-state index in [2.05, 4.69) is 12.5 Å². The van der Waals surface area contributed by atoms with E-state index in [0.29, 0.717) is 19.4 Å². The lowest BCUT2D eigenvalue weighted by molar-refractivity contribution is -0.180. The molecule has 1 aromatic rings. The topological polar surface area (TPSA) is 49.8 Å². The Labute approximate surface area is 131 Å². The second kappa shape index (κ2) is 7.26. The number of carbonyl (C=O) groups is 1. The van der Waals surface area contributed by atoms with E-state index >= 15 is 0 Å². The minimum absolute atomic E-state index is 0.118. The molecule has 1 amide bonds. The van der Waals surface area contributed by atoms with Gasteiger partial charge in [-0.25, -0.2) is 0 Å². The van der Waals surface area contributed by atoms with Gasteiger partial charge in [0.2, 0.25) is 0 Å². The van der Waals surface area contributed by atoms with Crippen LogP contribution in [0.1, 0.15) is 18.4 Å². The van der Waals surface area contributed by atoms with Crippen LogP contribution in [0.5, 0.6) is 0 Å². The third-order valence-electron chi connectivity index (χ3n) is 3.98. The number of rotatable bonds is 7. The van der Waals surface area contributed by atoms with Crippen molar-refractivity contribution in [2.75, 3.05) is 13.7 Å². The summed E-state index contributed by atoms with van der Waals surface area (Å²) in [6.45, 7) is 4.47. The summed E-state index contributed by atoms with van der Waals surface area (Å²) in [5.74, 6) is 2.39. The molecule has 1 saturated heterocycles. The van der Waals surface area contributed by atoms with Crippen LogP contribution in [0.15, 0.2) is 36.9 Å². The van der Waals surface area contributed by atoms with Crippen molar-refractivity contribution in [2.24, 2.45) is 0 Å². The number of terminal acetylenes is 1. The molecule has 22 heavy (non-hydrogen) atoms. The molecule has 0 saturated carbocycles. The van der Waals surface area contributed by atoms with Crippen molar-refractivity contribution in [2.45, 2.75) is 31.1 Å². The van der Waals surface area contributed by atoms with Crippen molar-refractivity contribution in [3.05, 3.63) is 42.5 Å². The summed E-state index contributed by atoms with van der Waals surface area (Å²) in [6.07, 6.45) is 4.77. The van der Waals surface area contributed by atoms with Crippen LogP contribution in [0.4, 0.5) is 0 Å². The predicted molar refractivity (Wildman–Crippen MR) is 85.8 cm³/mol. The third kappa shape index (κ3) is 3.22. The van der Waals surface area contributed by atoms with E-state index in [1.54, 1.807) is 4.90 Å². The number of aliphatic hydroxyl groups excluding tert-OH is 1. The van der Waals surface area contributed by atoms with Crippen molar-refractivity contribution in [3.8, 4) is 12.3 Å².